The molecule has 0 aliphatic heterocycles. The Hall–Kier alpha value is 1.92. The Bertz CT molecular complexity index is 20.4. The van der Waals surface area contributed by atoms with E-state index in [1.807, 2.05) is 6.92 Å². The molecule has 0 fully saturated rings. The molecule has 0 atom stereocenters. The minimum Gasteiger partial charge on any atom is -0.855 e. The van der Waals surface area contributed by atoms with Crippen LogP contribution in [0.1, 0.15) is 20.3 Å². The van der Waals surface area contributed by atoms with Crippen LogP contribution in [0.3, 0.4) is 0 Å². The summed E-state index contributed by atoms with van der Waals surface area (Å²) in [5.41, 5.74) is 0. The van der Waals surface area contributed by atoms with Crippen LogP contribution in [0.15, 0.2) is 0 Å². The quantitative estimate of drug-likeness (QED) is 0.349. The van der Waals surface area contributed by atoms with Crippen LogP contribution < -0.4 is 69.3 Å². The van der Waals surface area contributed by atoms with Crippen molar-refractivity contribution >= 4 is 0 Å². The van der Waals surface area contributed by atoms with E-state index in [2.05, 4.69) is 0 Å². The van der Waals surface area contributed by atoms with Crippen LogP contribution in [0.4, 0.5) is 0 Å². The Balaban J connectivity index is -0.0000000233. The van der Waals surface area contributed by atoms with E-state index in [0.29, 0.717) is 0 Å². The van der Waals surface area contributed by atoms with Gasteiger partial charge in [-0.05, 0) is 0 Å². The van der Waals surface area contributed by atoms with Crippen molar-refractivity contribution in [3.8, 4) is 0 Å². The standard InChI is InChI=1S/C3H7O.C2H5O.2Na/c1-2-3-4;1-2-3;;/h2-3H2,1H3;2H2,1H3;;/q2*-1;2*+1. The largest absolute Gasteiger partial charge is 1.00 e. The fraction of sp³-hybridized carbons (Fsp3) is 1.00. The van der Waals surface area contributed by atoms with Crippen LogP contribution in [-0.4, -0.2) is 13.2 Å². The first-order valence-corrected chi connectivity index (χ1v) is 2.49. The summed E-state index contributed by atoms with van der Waals surface area (Å²) in [7, 11) is 0. The zero-order valence-electron chi connectivity index (χ0n) is 6.94. The Morgan fingerprint density at radius 1 is 1.00 bits per heavy atom. The van der Waals surface area contributed by atoms with Crippen LogP contribution in [0.25, 0.3) is 0 Å². The summed E-state index contributed by atoms with van der Waals surface area (Å²) in [6.45, 7) is 3.51. The Morgan fingerprint density at radius 2 is 1.11 bits per heavy atom. The molecule has 46 valence electrons. The topological polar surface area (TPSA) is 46.1 Å². The zero-order chi connectivity index (χ0) is 6.12. The molecule has 9 heavy (non-hydrogen) atoms. The summed E-state index contributed by atoms with van der Waals surface area (Å²) in [5, 5.41) is 18.2. The molecule has 0 aromatic rings. The Labute approximate surface area is 102 Å². The van der Waals surface area contributed by atoms with Crippen LogP contribution in [0, 0.1) is 0 Å². The predicted molar refractivity (Wildman–Crippen MR) is 25.7 cm³/mol. The smallest absolute Gasteiger partial charge is 0.855 e. The third-order valence-electron chi connectivity index (χ3n) is 0.204. The first-order valence-electron chi connectivity index (χ1n) is 2.49. The van der Waals surface area contributed by atoms with Gasteiger partial charge in [-0.2, -0.15) is 0 Å². The number of hydrogen-bond acceptors (Lipinski definition) is 2. The van der Waals surface area contributed by atoms with E-state index in [0.717, 1.165) is 6.42 Å². The molecule has 0 rings (SSSR count). The van der Waals surface area contributed by atoms with E-state index in [9.17, 15) is 5.11 Å². The maximum absolute atomic E-state index is 9.30. The normalized spacial score (nSPS) is 5.33. The molecule has 0 bridgehead atoms. The second-order valence-corrected chi connectivity index (χ2v) is 0.993. The van der Waals surface area contributed by atoms with Crippen LogP contribution in [-0.2, 0) is 0 Å². The van der Waals surface area contributed by atoms with Gasteiger partial charge in [0.2, 0.25) is 0 Å². The average molecular weight is 150 g/mol. The molecule has 4 heteroatoms. The summed E-state index contributed by atoms with van der Waals surface area (Å²) in [5.74, 6) is 0. The van der Waals surface area contributed by atoms with Gasteiger partial charge < -0.3 is 10.2 Å². The van der Waals surface area contributed by atoms with E-state index < -0.39 is 0 Å². The van der Waals surface area contributed by atoms with Crippen molar-refractivity contribution in [3.05, 3.63) is 0 Å². The fourth-order valence-corrected chi connectivity index (χ4v) is 0. The zero-order valence-corrected chi connectivity index (χ0v) is 10.9. The molecule has 0 aliphatic carbocycles. The summed E-state index contributed by atoms with van der Waals surface area (Å²) in [4.78, 5) is 0. The van der Waals surface area contributed by atoms with Crippen molar-refractivity contribution in [2.45, 2.75) is 20.3 Å². The van der Waals surface area contributed by atoms with Gasteiger partial charge >= 0.3 is 59.1 Å². The molecule has 0 heterocycles. The summed E-state index contributed by atoms with van der Waals surface area (Å²) in [6, 6.07) is 0. The first-order chi connectivity index (χ1) is 3.33. The van der Waals surface area contributed by atoms with Crippen molar-refractivity contribution in [3.63, 3.8) is 0 Å². The third kappa shape index (κ3) is 73.0. The summed E-state index contributed by atoms with van der Waals surface area (Å²) in [6.07, 6.45) is 0.764. The molecule has 0 aliphatic rings. The SMILES string of the molecule is CCC[O-].CC[O-].[Na+].[Na+]. The molecule has 0 unspecified atom stereocenters. The van der Waals surface area contributed by atoms with Crippen molar-refractivity contribution < 1.29 is 69.3 Å². The molecule has 0 radical (unpaired) electrons. The van der Waals surface area contributed by atoms with Crippen LogP contribution >= 0.6 is 0 Å². The van der Waals surface area contributed by atoms with Gasteiger partial charge in [-0.3, -0.25) is 0 Å². The van der Waals surface area contributed by atoms with Crippen molar-refractivity contribution in [2.24, 2.45) is 0 Å². The molecule has 0 aromatic heterocycles. The fourth-order valence-electron chi connectivity index (χ4n) is 0. The number of hydrogen-bond donors (Lipinski definition) is 0. The van der Waals surface area contributed by atoms with E-state index in [1.165, 1.54) is 0 Å². The average Bonchev–Trinajstić information content (AvgIpc) is 1.69. The second-order valence-electron chi connectivity index (χ2n) is 0.993. The van der Waals surface area contributed by atoms with Crippen LogP contribution in [0.2, 0.25) is 0 Å². The summed E-state index contributed by atoms with van der Waals surface area (Å²) >= 11 is 0. The first kappa shape index (κ1) is 22.4. The van der Waals surface area contributed by atoms with E-state index in [1.54, 1.807) is 6.92 Å². The van der Waals surface area contributed by atoms with Gasteiger partial charge in [0, 0.05) is 0 Å². The molecular weight excluding hydrogens is 138 g/mol. The Morgan fingerprint density at radius 3 is 1.11 bits per heavy atom. The predicted octanol–water partition coefficient (Wildman–Crippen LogP) is -6.87. The molecule has 0 saturated heterocycles. The molecule has 0 saturated carbocycles. The van der Waals surface area contributed by atoms with Gasteiger partial charge in [-0.25, -0.2) is 0 Å². The minimum absolute atomic E-state index is 0. The third-order valence-corrected chi connectivity index (χ3v) is 0.204. The minimum atomic E-state index is 0. The van der Waals surface area contributed by atoms with Gasteiger partial charge in [0.05, 0.1) is 0 Å². The number of rotatable bonds is 1. The van der Waals surface area contributed by atoms with Crippen molar-refractivity contribution in [1.29, 1.82) is 0 Å². The molecule has 0 spiro atoms. The molecule has 0 N–H and O–H groups in total. The Kier molecular flexibility index (Phi) is 81.3. The maximum atomic E-state index is 9.30. The van der Waals surface area contributed by atoms with E-state index in [4.69, 9.17) is 5.11 Å². The van der Waals surface area contributed by atoms with Gasteiger partial charge in [0.25, 0.3) is 0 Å². The summed E-state index contributed by atoms with van der Waals surface area (Å²) < 4.78 is 0. The van der Waals surface area contributed by atoms with Crippen molar-refractivity contribution in [1.82, 2.24) is 0 Å². The molecular formula is C5H12Na2O2. The molecule has 0 aromatic carbocycles. The maximum Gasteiger partial charge on any atom is 1.00 e. The van der Waals surface area contributed by atoms with E-state index in [-0.39, 0.29) is 72.3 Å². The second kappa shape index (κ2) is 32.6. The van der Waals surface area contributed by atoms with Crippen LogP contribution in [0.5, 0.6) is 0 Å². The monoisotopic (exact) mass is 150 g/mol. The van der Waals surface area contributed by atoms with Gasteiger partial charge in [-0.1, -0.05) is 20.3 Å². The van der Waals surface area contributed by atoms with E-state index >= 15 is 0 Å². The van der Waals surface area contributed by atoms with Gasteiger partial charge in [-0.15, -0.1) is 13.2 Å². The van der Waals surface area contributed by atoms with Gasteiger partial charge in [0.1, 0.15) is 0 Å². The molecule has 2 nitrogen and oxygen atoms in total. The van der Waals surface area contributed by atoms with Gasteiger partial charge in [0.15, 0.2) is 0 Å². The molecule has 0 amide bonds. The van der Waals surface area contributed by atoms with Crippen molar-refractivity contribution in [2.75, 3.05) is 13.2 Å².